The minimum Gasteiger partial charge on any atom is -0.477 e. The summed E-state index contributed by atoms with van der Waals surface area (Å²) in [7, 11) is 0. The third-order valence-corrected chi connectivity index (χ3v) is 6.54. The Labute approximate surface area is 216 Å². The first kappa shape index (κ1) is 26.5. The van der Waals surface area contributed by atoms with Gasteiger partial charge < -0.3 is 15.4 Å². The molecule has 1 fully saturated rings. The van der Waals surface area contributed by atoms with Gasteiger partial charge in [0.2, 0.25) is 5.88 Å². The molecule has 3 aromatic rings. The number of hydrogen-bond donors (Lipinski definition) is 2. The van der Waals surface area contributed by atoms with Crippen molar-refractivity contribution in [1.29, 1.82) is 0 Å². The molecule has 1 unspecified atom stereocenters. The molecule has 37 heavy (non-hydrogen) atoms. The van der Waals surface area contributed by atoms with Gasteiger partial charge in [-0.15, -0.1) is 0 Å². The summed E-state index contributed by atoms with van der Waals surface area (Å²) in [6.45, 7) is 5.80. The van der Waals surface area contributed by atoms with Crippen molar-refractivity contribution < 1.29 is 22.7 Å². The topological polar surface area (TPSA) is 105 Å². The Kier molecular flexibility index (Phi) is 8.34. The number of carbonyl (C=O) groups excluding carboxylic acids is 1. The Morgan fingerprint density at radius 1 is 1.27 bits per heavy atom. The van der Waals surface area contributed by atoms with Crippen LogP contribution in [-0.2, 0) is 6.54 Å². The second-order valence-corrected chi connectivity index (χ2v) is 9.46. The summed E-state index contributed by atoms with van der Waals surface area (Å²) in [4.78, 5) is 26.7. The zero-order valence-corrected chi connectivity index (χ0v) is 20.9. The van der Waals surface area contributed by atoms with Crippen LogP contribution in [0.25, 0.3) is 0 Å². The molecule has 0 saturated carbocycles. The minimum absolute atomic E-state index is 0.00728. The third-order valence-electron chi connectivity index (χ3n) is 5.68. The monoisotopic (exact) mass is 533 g/mol. The van der Waals surface area contributed by atoms with E-state index in [1.54, 1.807) is 31.3 Å². The van der Waals surface area contributed by atoms with Gasteiger partial charge in [0.1, 0.15) is 10.8 Å². The van der Waals surface area contributed by atoms with Crippen LogP contribution in [0.15, 0.2) is 41.7 Å². The summed E-state index contributed by atoms with van der Waals surface area (Å²) in [5.74, 6) is 0.557. The van der Waals surface area contributed by atoms with Crippen LogP contribution in [0.2, 0.25) is 0 Å². The van der Waals surface area contributed by atoms with Gasteiger partial charge in [-0.3, -0.25) is 14.7 Å². The summed E-state index contributed by atoms with van der Waals surface area (Å²) in [5, 5.41) is 6.50. The molecule has 0 bridgehead atoms. The number of aliphatic imine (C=N–C) groups is 1. The molecular formula is C24H26F3N7O2S. The van der Waals surface area contributed by atoms with E-state index < -0.39 is 12.7 Å². The first-order chi connectivity index (χ1) is 17.7. The van der Waals surface area contributed by atoms with Crippen LogP contribution in [0, 0.1) is 12.8 Å². The number of carbonyl (C=O) groups is 1. The molecule has 1 saturated heterocycles. The van der Waals surface area contributed by atoms with Crippen molar-refractivity contribution in [2.24, 2.45) is 10.9 Å². The molecule has 196 valence electrons. The van der Waals surface area contributed by atoms with Crippen LogP contribution in [0.5, 0.6) is 5.88 Å². The van der Waals surface area contributed by atoms with Gasteiger partial charge in [-0.1, -0.05) is 6.07 Å². The summed E-state index contributed by atoms with van der Waals surface area (Å²) in [5.41, 5.74) is 2.35. The molecule has 1 amide bonds. The van der Waals surface area contributed by atoms with Crippen LogP contribution >= 0.6 is 11.5 Å². The number of amides is 1. The summed E-state index contributed by atoms with van der Waals surface area (Å²) in [6, 6.07) is 6.93. The predicted molar refractivity (Wildman–Crippen MR) is 136 cm³/mol. The molecule has 1 aliphatic rings. The number of nitrogens with one attached hydrogen (secondary N) is 2. The lowest BCUT2D eigenvalue weighted by atomic mass is 10.1. The summed E-state index contributed by atoms with van der Waals surface area (Å²) in [6.07, 6.45) is -0.406. The zero-order chi connectivity index (χ0) is 26.4. The second-order valence-electron chi connectivity index (χ2n) is 8.69. The number of anilines is 3. The number of alkyl halides is 3. The lowest BCUT2D eigenvalue weighted by Gasteiger charge is -2.17. The van der Waals surface area contributed by atoms with Gasteiger partial charge >= 0.3 is 6.18 Å². The second kappa shape index (κ2) is 11.6. The van der Waals surface area contributed by atoms with Gasteiger partial charge in [0, 0.05) is 24.7 Å². The Morgan fingerprint density at radius 2 is 2.11 bits per heavy atom. The normalized spacial score (nSPS) is 15.9. The van der Waals surface area contributed by atoms with Crippen LogP contribution in [0.3, 0.4) is 0 Å². The average molecular weight is 534 g/mol. The highest BCUT2D eigenvalue weighted by Crippen LogP contribution is 2.29. The van der Waals surface area contributed by atoms with Crippen molar-refractivity contribution in [2.75, 3.05) is 36.9 Å². The van der Waals surface area contributed by atoms with E-state index in [0.29, 0.717) is 59.7 Å². The number of hydrogen-bond acceptors (Lipinski definition) is 9. The smallest absolute Gasteiger partial charge is 0.401 e. The van der Waals surface area contributed by atoms with Gasteiger partial charge in [0.25, 0.3) is 5.91 Å². The fourth-order valence-electron chi connectivity index (χ4n) is 3.94. The van der Waals surface area contributed by atoms with E-state index >= 15 is 0 Å². The van der Waals surface area contributed by atoms with Crippen molar-refractivity contribution in [1.82, 2.24) is 19.2 Å². The first-order valence-electron chi connectivity index (χ1n) is 11.5. The van der Waals surface area contributed by atoms with Crippen molar-refractivity contribution in [3.8, 4) is 5.88 Å². The molecule has 0 aliphatic carbocycles. The summed E-state index contributed by atoms with van der Waals surface area (Å²) < 4.78 is 47.6. The molecule has 0 aromatic carbocycles. The Bertz CT molecular complexity index is 1220. The highest BCUT2D eigenvalue weighted by atomic mass is 32.1. The zero-order valence-electron chi connectivity index (χ0n) is 20.1. The molecule has 9 nitrogen and oxygen atoms in total. The third kappa shape index (κ3) is 7.46. The van der Waals surface area contributed by atoms with Gasteiger partial charge in [0.05, 0.1) is 42.8 Å². The Hall–Kier alpha value is -3.58. The highest BCUT2D eigenvalue weighted by Gasteiger charge is 2.34. The van der Waals surface area contributed by atoms with Crippen LogP contribution < -0.4 is 15.4 Å². The summed E-state index contributed by atoms with van der Waals surface area (Å²) >= 11 is 1.16. The molecule has 3 aromatic heterocycles. The largest absolute Gasteiger partial charge is 0.477 e. The number of aromatic nitrogens is 3. The molecular weight excluding hydrogens is 507 g/mol. The number of rotatable bonds is 10. The minimum atomic E-state index is -4.20. The van der Waals surface area contributed by atoms with Gasteiger partial charge in [-0.2, -0.15) is 17.5 Å². The quantitative estimate of drug-likeness (QED) is 0.364. The van der Waals surface area contributed by atoms with Crippen molar-refractivity contribution in [3.63, 3.8) is 0 Å². The van der Waals surface area contributed by atoms with Crippen molar-refractivity contribution >= 4 is 40.7 Å². The average Bonchev–Trinajstić information content (AvgIpc) is 3.44. The van der Waals surface area contributed by atoms with E-state index in [2.05, 4.69) is 36.7 Å². The number of pyridine rings is 2. The predicted octanol–water partition coefficient (Wildman–Crippen LogP) is 4.70. The molecule has 0 radical (unpaired) electrons. The SMILES string of the molecule is C=NCc1ccc(Nc2snc(C)c2C(=O)Nc2ccc(OCC3CCN(CC(F)(F)F)C3)nc2)nc1. The van der Waals surface area contributed by atoms with E-state index in [9.17, 15) is 18.0 Å². The maximum absolute atomic E-state index is 13.0. The lowest BCUT2D eigenvalue weighted by molar-refractivity contribution is -0.143. The van der Waals surface area contributed by atoms with Crippen molar-refractivity contribution in [3.05, 3.63) is 53.5 Å². The van der Waals surface area contributed by atoms with E-state index in [1.165, 1.54) is 11.1 Å². The maximum atomic E-state index is 13.0. The van der Waals surface area contributed by atoms with Crippen LogP contribution in [0.4, 0.5) is 29.7 Å². The number of halogens is 3. The van der Waals surface area contributed by atoms with Crippen molar-refractivity contribution in [2.45, 2.75) is 26.1 Å². The fraction of sp³-hybridized carbons (Fsp3) is 0.375. The van der Waals surface area contributed by atoms with Crippen LogP contribution in [0.1, 0.15) is 28.0 Å². The molecule has 1 atom stereocenters. The number of aryl methyl sites for hydroxylation is 1. The number of likely N-dealkylation sites (tertiary alicyclic amines) is 1. The van der Waals surface area contributed by atoms with E-state index in [-0.39, 0.29) is 18.4 Å². The number of ether oxygens (including phenoxy) is 1. The molecule has 1 aliphatic heterocycles. The molecule has 4 heterocycles. The molecule has 13 heteroatoms. The Balaban J connectivity index is 1.31. The van der Waals surface area contributed by atoms with Gasteiger partial charge in [-0.05, 0) is 55.8 Å². The number of nitrogens with zero attached hydrogens (tertiary/aromatic N) is 5. The first-order valence-corrected chi connectivity index (χ1v) is 12.3. The Morgan fingerprint density at radius 3 is 2.78 bits per heavy atom. The molecule has 4 rings (SSSR count). The standard InChI is InChI=1S/C24H26F3N7O2S/c1-15-21(23(37-33-15)32-19-5-3-16(9-28-2)10-29-19)22(35)31-18-4-6-20(30-11-18)36-13-17-7-8-34(12-17)14-24(25,26)27/h3-6,10-11,17H,2,7-9,12-14H2,1H3,(H,29,32)(H,31,35). The molecule has 2 N–H and O–H groups in total. The maximum Gasteiger partial charge on any atom is 0.401 e. The van der Waals surface area contributed by atoms with E-state index in [4.69, 9.17) is 4.74 Å². The van der Waals surface area contributed by atoms with Crippen LogP contribution in [-0.4, -0.2) is 64.3 Å². The highest BCUT2D eigenvalue weighted by molar-refractivity contribution is 7.10. The van der Waals surface area contributed by atoms with E-state index in [0.717, 1.165) is 17.1 Å². The van der Waals surface area contributed by atoms with Gasteiger partial charge in [-0.25, -0.2) is 9.97 Å². The fourth-order valence-corrected chi connectivity index (χ4v) is 4.74. The molecule has 0 spiro atoms. The lowest BCUT2D eigenvalue weighted by Crippen LogP contribution is -2.32. The van der Waals surface area contributed by atoms with Gasteiger partial charge in [0.15, 0.2) is 0 Å². The van der Waals surface area contributed by atoms with E-state index in [1.807, 2.05) is 6.07 Å².